The first-order chi connectivity index (χ1) is 7.16. The minimum Gasteiger partial charge on any atom is -0.325 e. The summed E-state index contributed by atoms with van der Waals surface area (Å²) in [6.45, 7) is 13.1. The Morgan fingerprint density at radius 1 is 1.12 bits per heavy atom. The monoisotopic (exact) mass is 219 g/mol. The maximum atomic E-state index is 6.29. The molecule has 1 rings (SSSR count). The van der Waals surface area contributed by atoms with E-state index in [9.17, 15) is 0 Å². The van der Waals surface area contributed by atoms with E-state index in [2.05, 4.69) is 65.8 Å². The maximum Gasteiger partial charge on any atom is 0.0154 e. The number of aryl methyl sites for hydroxylation is 1. The van der Waals surface area contributed by atoms with Gasteiger partial charge < -0.3 is 5.73 Å². The Morgan fingerprint density at radius 2 is 1.69 bits per heavy atom. The van der Waals surface area contributed by atoms with Crippen molar-refractivity contribution in [2.24, 2.45) is 11.1 Å². The van der Waals surface area contributed by atoms with Crippen LogP contribution in [-0.4, -0.2) is 5.54 Å². The molecule has 0 aromatic heterocycles. The summed E-state index contributed by atoms with van der Waals surface area (Å²) in [5.74, 6) is 0.451. The second-order valence-electron chi connectivity index (χ2n) is 6.08. The van der Waals surface area contributed by atoms with Crippen LogP contribution in [0, 0.1) is 12.3 Å². The van der Waals surface area contributed by atoms with Gasteiger partial charge in [-0.3, -0.25) is 0 Å². The van der Waals surface area contributed by atoms with E-state index in [0.717, 1.165) is 0 Å². The molecule has 1 atom stereocenters. The molecule has 0 aliphatic carbocycles. The van der Waals surface area contributed by atoms with E-state index >= 15 is 0 Å². The third kappa shape index (κ3) is 2.46. The fourth-order valence-electron chi connectivity index (χ4n) is 1.91. The molecule has 1 unspecified atom stereocenters. The van der Waals surface area contributed by atoms with Crippen LogP contribution in [0.1, 0.15) is 51.7 Å². The van der Waals surface area contributed by atoms with Crippen molar-refractivity contribution < 1.29 is 0 Å². The smallest absolute Gasteiger partial charge is 0.0154 e. The Labute approximate surface area is 100 Å². The fraction of sp³-hybridized carbons (Fsp3) is 0.600. The molecule has 0 aliphatic rings. The molecule has 2 N–H and O–H groups in total. The predicted molar refractivity (Wildman–Crippen MR) is 71.6 cm³/mol. The molecule has 0 amide bonds. The predicted octanol–water partition coefficient (Wildman–Crippen LogP) is 3.86. The third-order valence-corrected chi connectivity index (χ3v) is 4.29. The lowest BCUT2D eigenvalue weighted by Gasteiger charge is -2.43. The summed E-state index contributed by atoms with van der Waals surface area (Å²) in [7, 11) is 0. The normalized spacial score (nSPS) is 14.9. The molecule has 0 saturated heterocycles. The fourth-order valence-corrected chi connectivity index (χ4v) is 1.91. The highest BCUT2D eigenvalue weighted by atomic mass is 14.8. The van der Waals surface area contributed by atoms with Crippen LogP contribution in [0.4, 0.5) is 0 Å². The van der Waals surface area contributed by atoms with Gasteiger partial charge in [-0.2, -0.15) is 0 Å². The molecule has 0 fully saturated rings. The van der Waals surface area contributed by atoms with Gasteiger partial charge in [-0.05, 0) is 37.7 Å². The summed E-state index contributed by atoms with van der Waals surface area (Å²) in [6, 6.07) is 8.72. The van der Waals surface area contributed by atoms with Crippen LogP contribution in [0.2, 0.25) is 0 Å². The minimum atomic E-state index is -0.184. The topological polar surface area (TPSA) is 26.0 Å². The summed E-state index contributed by atoms with van der Waals surface area (Å²) in [6.07, 6.45) is 0. The molecule has 0 radical (unpaired) electrons. The van der Waals surface area contributed by atoms with Crippen molar-refractivity contribution in [2.45, 2.75) is 53.0 Å². The molecule has 0 saturated carbocycles. The van der Waals surface area contributed by atoms with Gasteiger partial charge in [0.25, 0.3) is 0 Å². The lowest BCUT2D eigenvalue weighted by molar-refractivity contribution is 0.164. The van der Waals surface area contributed by atoms with Crippen molar-refractivity contribution in [1.82, 2.24) is 0 Å². The van der Waals surface area contributed by atoms with Crippen LogP contribution < -0.4 is 5.73 Å². The van der Waals surface area contributed by atoms with Crippen molar-refractivity contribution >= 4 is 0 Å². The summed E-state index contributed by atoms with van der Waals surface area (Å²) in [5.41, 5.74) is 8.87. The quantitative estimate of drug-likeness (QED) is 0.820. The van der Waals surface area contributed by atoms with Crippen molar-refractivity contribution in [3.05, 3.63) is 35.4 Å². The average molecular weight is 219 g/mol. The van der Waals surface area contributed by atoms with Gasteiger partial charge in [0, 0.05) is 5.54 Å². The van der Waals surface area contributed by atoms with Gasteiger partial charge in [0.1, 0.15) is 0 Å². The Balaban J connectivity index is 3.07. The van der Waals surface area contributed by atoms with Gasteiger partial charge in [0.2, 0.25) is 0 Å². The molecule has 1 aromatic carbocycles. The zero-order valence-corrected chi connectivity index (χ0v) is 11.5. The Morgan fingerprint density at radius 3 is 2.12 bits per heavy atom. The molecule has 1 heteroatoms. The van der Waals surface area contributed by atoms with Crippen LogP contribution in [-0.2, 0) is 0 Å². The number of rotatable bonds is 3. The van der Waals surface area contributed by atoms with E-state index in [1.54, 1.807) is 0 Å². The number of nitrogens with two attached hydrogens (primary N) is 1. The molecule has 1 nitrogen and oxygen atoms in total. The lowest BCUT2D eigenvalue weighted by atomic mass is 9.65. The van der Waals surface area contributed by atoms with E-state index in [1.807, 2.05) is 0 Å². The molecular formula is C15H25N. The Kier molecular flexibility index (Phi) is 3.49. The van der Waals surface area contributed by atoms with Crippen LogP contribution in [0.25, 0.3) is 0 Å². The van der Waals surface area contributed by atoms with Gasteiger partial charge in [0.05, 0.1) is 0 Å². The van der Waals surface area contributed by atoms with Gasteiger partial charge in [-0.15, -0.1) is 0 Å². The highest BCUT2D eigenvalue weighted by molar-refractivity contribution is 5.27. The van der Waals surface area contributed by atoms with Crippen molar-refractivity contribution in [3.63, 3.8) is 0 Å². The maximum absolute atomic E-state index is 6.29. The molecule has 0 bridgehead atoms. The van der Waals surface area contributed by atoms with Crippen LogP contribution >= 0.6 is 0 Å². The second kappa shape index (κ2) is 4.21. The number of hydrogen-bond donors (Lipinski definition) is 1. The first kappa shape index (κ1) is 13.2. The lowest BCUT2D eigenvalue weighted by Crippen LogP contribution is -2.49. The molecule has 16 heavy (non-hydrogen) atoms. The van der Waals surface area contributed by atoms with Gasteiger partial charge in [-0.25, -0.2) is 0 Å². The Hall–Kier alpha value is -0.820. The number of benzene rings is 1. The van der Waals surface area contributed by atoms with E-state index < -0.39 is 0 Å². The molecule has 90 valence electrons. The van der Waals surface area contributed by atoms with E-state index in [4.69, 9.17) is 5.73 Å². The van der Waals surface area contributed by atoms with E-state index in [-0.39, 0.29) is 11.0 Å². The molecular weight excluding hydrogens is 194 g/mol. The van der Waals surface area contributed by atoms with Gasteiger partial charge in [-0.1, -0.05) is 50.6 Å². The summed E-state index contributed by atoms with van der Waals surface area (Å²) < 4.78 is 0. The van der Waals surface area contributed by atoms with Gasteiger partial charge >= 0.3 is 0 Å². The van der Waals surface area contributed by atoms with Crippen molar-refractivity contribution in [3.8, 4) is 0 Å². The number of hydrogen-bond acceptors (Lipinski definition) is 1. The molecule has 0 spiro atoms. The van der Waals surface area contributed by atoms with E-state index in [0.29, 0.717) is 5.92 Å². The average Bonchev–Trinajstić information content (AvgIpc) is 2.14. The zero-order chi connectivity index (χ0) is 12.6. The van der Waals surface area contributed by atoms with Crippen LogP contribution in [0.3, 0.4) is 0 Å². The summed E-state index contributed by atoms with van der Waals surface area (Å²) in [4.78, 5) is 0. The van der Waals surface area contributed by atoms with E-state index in [1.165, 1.54) is 11.1 Å². The first-order valence-electron chi connectivity index (χ1n) is 6.01. The Bertz CT molecular complexity index is 358. The molecule has 0 heterocycles. The molecule has 1 aromatic rings. The van der Waals surface area contributed by atoms with Crippen LogP contribution in [0.5, 0.6) is 0 Å². The van der Waals surface area contributed by atoms with Gasteiger partial charge in [0.15, 0.2) is 0 Å². The first-order valence-corrected chi connectivity index (χ1v) is 6.01. The summed E-state index contributed by atoms with van der Waals surface area (Å²) in [5, 5.41) is 0. The zero-order valence-electron chi connectivity index (χ0n) is 11.5. The second-order valence-corrected chi connectivity index (χ2v) is 6.08. The highest BCUT2D eigenvalue weighted by Crippen LogP contribution is 2.42. The highest BCUT2D eigenvalue weighted by Gasteiger charge is 2.38. The molecule has 0 aliphatic heterocycles. The summed E-state index contributed by atoms with van der Waals surface area (Å²) >= 11 is 0. The largest absolute Gasteiger partial charge is 0.325 e. The minimum absolute atomic E-state index is 0.0702. The van der Waals surface area contributed by atoms with Crippen LogP contribution in [0.15, 0.2) is 24.3 Å². The SMILES string of the molecule is Cc1cccc(C(C)C(C)(C)C(C)(C)N)c1. The van der Waals surface area contributed by atoms with Crippen molar-refractivity contribution in [2.75, 3.05) is 0 Å². The van der Waals surface area contributed by atoms with Crippen molar-refractivity contribution in [1.29, 1.82) is 0 Å². The third-order valence-electron chi connectivity index (χ3n) is 4.29. The standard InChI is InChI=1S/C15H25N/c1-11-8-7-9-13(10-11)12(2)14(3,4)15(5,6)16/h7-10,12H,16H2,1-6H3.